The number of hydrogen-bond donors (Lipinski definition) is 1. The first-order valence-corrected chi connectivity index (χ1v) is 10.8. The number of anilines is 1. The molecular formula is C24H26F3N3O2. The van der Waals surface area contributed by atoms with Crippen molar-refractivity contribution in [2.24, 2.45) is 11.8 Å². The van der Waals surface area contributed by atoms with Gasteiger partial charge in [0.1, 0.15) is 0 Å². The van der Waals surface area contributed by atoms with Gasteiger partial charge in [0.2, 0.25) is 5.91 Å². The second-order valence-electron chi connectivity index (χ2n) is 8.66. The third kappa shape index (κ3) is 5.30. The standard InChI is InChI=1S/C24H26F3N3O2/c1-16-12-21(16)22(31)28-20-7-3-5-18(14-20)23(32)30-10-8-29(9-11-30)15-17-4-2-6-19(13-17)24(25,26)27/h2-7,13-14,16,21H,8-12,15H2,1H3,(H,28,31). The molecule has 2 aromatic rings. The lowest BCUT2D eigenvalue weighted by molar-refractivity contribution is -0.137. The van der Waals surface area contributed by atoms with Gasteiger partial charge >= 0.3 is 6.18 Å². The first-order valence-electron chi connectivity index (χ1n) is 10.8. The molecule has 0 aromatic heterocycles. The van der Waals surface area contributed by atoms with Gasteiger partial charge in [-0.15, -0.1) is 0 Å². The lowest BCUT2D eigenvalue weighted by atomic mass is 10.1. The number of carbonyl (C=O) groups is 2. The van der Waals surface area contributed by atoms with E-state index >= 15 is 0 Å². The Labute approximate surface area is 185 Å². The van der Waals surface area contributed by atoms with Crippen LogP contribution in [0.5, 0.6) is 0 Å². The Bertz CT molecular complexity index is 1000. The van der Waals surface area contributed by atoms with E-state index in [1.807, 2.05) is 11.8 Å². The third-order valence-corrected chi connectivity index (χ3v) is 6.14. The van der Waals surface area contributed by atoms with Crippen LogP contribution in [0.15, 0.2) is 48.5 Å². The maximum atomic E-state index is 12.9. The van der Waals surface area contributed by atoms with Gasteiger partial charge in [-0.3, -0.25) is 14.5 Å². The summed E-state index contributed by atoms with van der Waals surface area (Å²) < 4.78 is 38.8. The molecule has 1 N–H and O–H groups in total. The van der Waals surface area contributed by atoms with Crippen molar-refractivity contribution in [3.63, 3.8) is 0 Å². The molecule has 0 radical (unpaired) electrons. The number of hydrogen-bond acceptors (Lipinski definition) is 3. The van der Waals surface area contributed by atoms with E-state index < -0.39 is 11.7 Å². The Morgan fingerprint density at radius 3 is 2.38 bits per heavy atom. The molecule has 4 rings (SSSR count). The molecule has 1 aliphatic carbocycles. The number of halogens is 3. The van der Waals surface area contributed by atoms with Gasteiger partial charge in [-0.2, -0.15) is 13.2 Å². The predicted octanol–water partition coefficient (Wildman–Crippen LogP) is 4.26. The molecule has 5 nitrogen and oxygen atoms in total. The smallest absolute Gasteiger partial charge is 0.336 e. The highest BCUT2D eigenvalue weighted by molar-refractivity contribution is 5.98. The molecule has 0 bridgehead atoms. The summed E-state index contributed by atoms with van der Waals surface area (Å²) in [6.45, 7) is 4.60. The van der Waals surface area contributed by atoms with Gasteiger partial charge in [0.15, 0.2) is 0 Å². The van der Waals surface area contributed by atoms with Crippen LogP contribution in [0, 0.1) is 11.8 Å². The number of benzene rings is 2. The first-order chi connectivity index (χ1) is 15.2. The van der Waals surface area contributed by atoms with E-state index in [1.54, 1.807) is 35.2 Å². The monoisotopic (exact) mass is 445 g/mol. The maximum absolute atomic E-state index is 12.9. The van der Waals surface area contributed by atoms with Crippen LogP contribution in [0.25, 0.3) is 0 Å². The van der Waals surface area contributed by atoms with Crippen LogP contribution in [-0.2, 0) is 17.5 Å². The average molecular weight is 445 g/mol. The molecule has 1 aliphatic heterocycles. The molecule has 8 heteroatoms. The van der Waals surface area contributed by atoms with Crippen LogP contribution in [0.2, 0.25) is 0 Å². The molecule has 2 aromatic carbocycles. The van der Waals surface area contributed by atoms with E-state index in [2.05, 4.69) is 5.32 Å². The number of carbonyl (C=O) groups excluding carboxylic acids is 2. The molecule has 2 fully saturated rings. The SMILES string of the molecule is CC1CC1C(=O)Nc1cccc(C(=O)N2CCN(Cc3cccc(C(F)(F)F)c3)CC2)c1. The minimum Gasteiger partial charge on any atom is -0.336 e. The average Bonchev–Trinajstić information content (AvgIpc) is 3.50. The predicted molar refractivity (Wildman–Crippen MR) is 115 cm³/mol. The lowest BCUT2D eigenvalue weighted by Gasteiger charge is -2.35. The van der Waals surface area contributed by atoms with Crippen LogP contribution in [0.4, 0.5) is 18.9 Å². The summed E-state index contributed by atoms with van der Waals surface area (Å²) in [7, 11) is 0. The summed E-state index contributed by atoms with van der Waals surface area (Å²) in [6.07, 6.45) is -3.46. The van der Waals surface area contributed by atoms with Crippen molar-refractivity contribution in [2.75, 3.05) is 31.5 Å². The largest absolute Gasteiger partial charge is 0.416 e. The Morgan fingerprint density at radius 2 is 1.72 bits per heavy atom. The molecule has 1 heterocycles. The van der Waals surface area contributed by atoms with Crippen LogP contribution in [0.1, 0.15) is 34.8 Å². The van der Waals surface area contributed by atoms with Crippen molar-refractivity contribution >= 4 is 17.5 Å². The van der Waals surface area contributed by atoms with E-state index in [4.69, 9.17) is 0 Å². The highest BCUT2D eigenvalue weighted by atomic mass is 19.4. The van der Waals surface area contributed by atoms with Gasteiger partial charge in [0.25, 0.3) is 5.91 Å². The van der Waals surface area contributed by atoms with Gasteiger partial charge in [0, 0.05) is 49.9 Å². The molecule has 1 saturated carbocycles. The molecule has 2 unspecified atom stereocenters. The normalized spacial score (nSPS) is 21.3. The van der Waals surface area contributed by atoms with E-state index in [0.29, 0.717) is 55.5 Å². The zero-order valence-corrected chi connectivity index (χ0v) is 17.9. The zero-order chi connectivity index (χ0) is 22.9. The fourth-order valence-electron chi connectivity index (χ4n) is 4.05. The maximum Gasteiger partial charge on any atom is 0.416 e. The number of amides is 2. The fourth-order valence-corrected chi connectivity index (χ4v) is 4.05. The molecule has 2 aliphatic rings. The highest BCUT2D eigenvalue weighted by Crippen LogP contribution is 2.38. The van der Waals surface area contributed by atoms with Crippen molar-refractivity contribution in [1.82, 2.24) is 9.80 Å². The summed E-state index contributed by atoms with van der Waals surface area (Å²) in [4.78, 5) is 28.9. The van der Waals surface area contributed by atoms with Crippen LogP contribution >= 0.6 is 0 Å². The zero-order valence-electron chi connectivity index (χ0n) is 17.9. The number of piperazine rings is 1. The molecule has 2 amide bonds. The second kappa shape index (κ2) is 8.94. The number of nitrogens with zero attached hydrogens (tertiary/aromatic N) is 2. The highest BCUT2D eigenvalue weighted by Gasteiger charge is 2.39. The van der Waals surface area contributed by atoms with Crippen molar-refractivity contribution in [1.29, 1.82) is 0 Å². The summed E-state index contributed by atoms with van der Waals surface area (Å²) in [6, 6.07) is 12.3. The third-order valence-electron chi connectivity index (χ3n) is 6.14. The molecular weight excluding hydrogens is 419 g/mol. The fraction of sp³-hybridized carbons (Fsp3) is 0.417. The van der Waals surface area contributed by atoms with E-state index in [9.17, 15) is 22.8 Å². The Kier molecular flexibility index (Phi) is 6.24. The van der Waals surface area contributed by atoms with E-state index in [0.717, 1.165) is 12.5 Å². The van der Waals surface area contributed by atoms with Crippen molar-refractivity contribution in [2.45, 2.75) is 26.1 Å². The van der Waals surface area contributed by atoms with Gasteiger partial charge in [-0.05, 0) is 42.2 Å². The number of nitrogens with one attached hydrogen (secondary N) is 1. The minimum atomic E-state index is -4.36. The molecule has 1 saturated heterocycles. The Hall–Kier alpha value is -2.87. The summed E-state index contributed by atoms with van der Waals surface area (Å²) >= 11 is 0. The first kappa shape index (κ1) is 22.3. The van der Waals surface area contributed by atoms with Gasteiger partial charge in [-0.25, -0.2) is 0 Å². The Morgan fingerprint density at radius 1 is 1.03 bits per heavy atom. The van der Waals surface area contributed by atoms with Crippen LogP contribution in [-0.4, -0.2) is 47.8 Å². The van der Waals surface area contributed by atoms with Gasteiger partial charge < -0.3 is 10.2 Å². The quantitative estimate of drug-likeness (QED) is 0.749. The van der Waals surface area contributed by atoms with Gasteiger partial charge in [-0.1, -0.05) is 31.2 Å². The number of rotatable bonds is 5. The van der Waals surface area contributed by atoms with Crippen molar-refractivity contribution in [3.05, 3.63) is 65.2 Å². The molecule has 32 heavy (non-hydrogen) atoms. The van der Waals surface area contributed by atoms with E-state index in [1.165, 1.54) is 12.1 Å². The van der Waals surface area contributed by atoms with Gasteiger partial charge in [0.05, 0.1) is 5.56 Å². The van der Waals surface area contributed by atoms with Crippen molar-refractivity contribution < 1.29 is 22.8 Å². The van der Waals surface area contributed by atoms with Crippen LogP contribution < -0.4 is 5.32 Å². The van der Waals surface area contributed by atoms with Crippen molar-refractivity contribution in [3.8, 4) is 0 Å². The summed E-state index contributed by atoms with van der Waals surface area (Å²) in [5.41, 5.74) is 1.08. The molecule has 0 spiro atoms. The lowest BCUT2D eigenvalue weighted by Crippen LogP contribution is -2.48. The summed E-state index contributed by atoms with van der Waals surface area (Å²) in [5, 5.41) is 2.88. The van der Waals surface area contributed by atoms with Crippen LogP contribution in [0.3, 0.4) is 0 Å². The molecule has 170 valence electrons. The minimum absolute atomic E-state index is 0.00898. The summed E-state index contributed by atoms with van der Waals surface area (Å²) in [5.74, 6) is 0.344. The Balaban J connectivity index is 1.32. The molecule has 2 atom stereocenters. The topological polar surface area (TPSA) is 52.7 Å². The number of alkyl halides is 3. The second-order valence-corrected chi connectivity index (χ2v) is 8.66. The van der Waals surface area contributed by atoms with E-state index in [-0.39, 0.29) is 17.7 Å².